The molecule has 6 nitrogen and oxygen atoms in total. The first-order chi connectivity index (χ1) is 10.6. The molecular weight excluding hydrogens is 278 g/mol. The van der Waals surface area contributed by atoms with Gasteiger partial charge in [-0.1, -0.05) is 18.2 Å². The molecule has 1 aromatic carbocycles. The molecule has 0 unspecified atom stereocenters. The van der Waals surface area contributed by atoms with Gasteiger partial charge in [-0.15, -0.1) is 0 Å². The second-order valence-electron chi connectivity index (χ2n) is 5.16. The number of benzene rings is 1. The fourth-order valence-corrected chi connectivity index (χ4v) is 2.43. The van der Waals surface area contributed by atoms with Gasteiger partial charge in [-0.3, -0.25) is 14.6 Å². The summed E-state index contributed by atoms with van der Waals surface area (Å²) in [6, 6.07) is 11.1. The van der Waals surface area contributed by atoms with Crippen LogP contribution in [0.25, 0.3) is 11.3 Å². The third-order valence-electron chi connectivity index (χ3n) is 3.62. The Kier molecular flexibility index (Phi) is 3.50. The third-order valence-corrected chi connectivity index (χ3v) is 3.62. The molecular formula is C16H17N5O. The number of nitrogens with zero attached hydrogens (tertiary/aromatic N) is 3. The largest absolute Gasteiger partial charge is 0.321 e. The Bertz CT molecular complexity index is 816. The number of hydrogen-bond donors (Lipinski definition) is 2. The van der Waals surface area contributed by atoms with E-state index in [0.29, 0.717) is 5.69 Å². The molecule has 112 valence electrons. The number of anilines is 1. The molecule has 0 saturated carbocycles. The number of nitrogens with one attached hydrogen (secondary N) is 2. The van der Waals surface area contributed by atoms with Gasteiger partial charge in [-0.25, -0.2) is 0 Å². The highest BCUT2D eigenvalue weighted by Crippen LogP contribution is 2.25. The van der Waals surface area contributed by atoms with E-state index in [2.05, 4.69) is 20.6 Å². The zero-order chi connectivity index (χ0) is 15.7. The van der Waals surface area contributed by atoms with E-state index >= 15 is 0 Å². The Balaban J connectivity index is 1.86. The van der Waals surface area contributed by atoms with Gasteiger partial charge in [0.2, 0.25) is 0 Å². The van der Waals surface area contributed by atoms with Gasteiger partial charge >= 0.3 is 0 Å². The summed E-state index contributed by atoms with van der Waals surface area (Å²) in [6.07, 6.45) is 0. The van der Waals surface area contributed by atoms with Crippen molar-refractivity contribution in [3.63, 3.8) is 0 Å². The molecule has 0 fully saturated rings. The number of rotatable bonds is 3. The molecule has 0 aliphatic rings. The predicted molar refractivity (Wildman–Crippen MR) is 84.7 cm³/mol. The molecule has 1 amide bonds. The van der Waals surface area contributed by atoms with E-state index in [0.717, 1.165) is 28.3 Å². The van der Waals surface area contributed by atoms with E-state index in [9.17, 15) is 4.79 Å². The van der Waals surface area contributed by atoms with Gasteiger partial charge in [0.15, 0.2) is 0 Å². The van der Waals surface area contributed by atoms with Crippen molar-refractivity contribution in [1.82, 2.24) is 20.0 Å². The number of aromatic amines is 1. The Hall–Kier alpha value is -2.89. The fraction of sp³-hybridized carbons (Fsp3) is 0.188. The van der Waals surface area contributed by atoms with Crippen molar-refractivity contribution in [1.29, 1.82) is 0 Å². The van der Waals surface area contributed by atoms with E-state index in [1.807, 2.05) is 55.9 Å². The first-order valence-electron chi connectivity index (χ1n) is 6.98. The fourth-order valence-electron chi connectivity index (χ4n) is 2.43. The number of para-hydroxylation sites is 1. The summed E-state index contributed by atoms with van der Waals surface area (Å²) in [6.45, 7) is 3.91. The monoisotopic (exact) mass is 295 g/mol. The van der Waals surface area contributed by atoms with Crippen LogP contribution in [0.4, 0.5) is 5.69 Å². The highest BCUT2D eigenvalue weighted by Gasteiger charge is 2.17. The minimum Gasteiger partial charge on any atom is -0.321 e. The Morgan fingerprint density at radius 2 is 1.95 bits per heavy atom. The highest BCUT2D eigenvalue weighted by molar-refractivity contribution is 6.03. The van der Waals surface area contributed by atoms with Crippen molar-refractivity contribution in [3.8, 4) is 11.3 Å². The standard InChI is InChI=1S/C16H17N5O/c1-10-15(11(2)21(3)20-10)13-9-14(19-18-13)16(22)17-12-7-5-4-6-8-12/h4-9H,1-3H3,(H,17,22)(H,18,19). The van der Waals surface area contributed by atoms with Gasteiger partial charge in [-0.2, -0.15) is 10.2 Å². The minimum absolute atomic E-state index is 0.218. The average Bonchev–Trinajstić information content (AvgIpc) is 3.06. The predicted octanol–water partition coefficient (Wildman–Crippen LogP) is 2.68. The minimum atomic E-state index is -0.218. The molecule has 0 bridgehead atoms. The lowest BCUT2D eigenvalue weighted by Gasteiger charge is -2.01. The lowest BCUT2D eigenvalue weighted by molar-refractivity contribution is 0.102. The van der Waals surface area contributed by atoms with Crippen LogP contribution in [0.2, 0.25) is 0 Å². The summed E-state index contributed by atoms with van der Waals surface area (Å²) >= 11 is 0. The number of carbonyl (C=O) groups excluding carboxylic acids is 1. The lowest BCUT2D eigenvalue weighted by atomic mass is 10.1. The van der Waals surface area contributed by atoms with Crippen LogP contribution in [-0.2, 0) is 7.05 Å². The highest BCUT2D eigenvalue weighted by atomic mass is 16.1. The van der Waals surface area contributed by atoms with Gasteiger partial charge < -0.3 is 5.32 Å². The van der Waals surface area contributed by atoms with Crippen LogP contribution < -0.4 is 5.32 Å². The van der Waals surface area contributed by atoms with Crippen molar-refractivity contribution in [3.05, 3.63) is 53.5 Å². The van der Waals surface area contributed by atoms with Crippen molar-refractivity contribution >= 4 is 11.6 Å². The molecule has 6 heteroatoms. The summed E-state index contributed by atoms with van der Waals surface area (Å²) in [4.78, 5) is 12.2. The number of aromatic nitrogens is 4. The maximum atomic E-state index is 12.2. The van der Waals surface area contributed by atoms with Crippen molar-refractivity contribution < 1.29 is 4.79 Å². The molecule has 0 spiro atoms. The Labute approximate surface area is 128 Å². The molecule has 3 rings (SSSR count). The molecule has 0 aliphatic heterocycles. The number of hydrogen-bond acceptors (Lipinski definition) is 3. The normalized spacial score (nSPS) is 10.7. The van der Waals surface area contributed by atoms with Gasteiger partial charge in [0, 0.05) is 24.0 Å². The van der Waals surface area contributed by atoms with Crippen molar-refractivity contribution in [2.24, 2.45) is 7.05 Å². The van der Waals surface area contributed by atoms with Crippen LogP contribution in [0.15, 0.2) is 36.4 Å². The summed E-state index contributed by atoms with van der Waals surface area (Å²) in [5, 5.41) is 14.2. The van der Waals surface area contributed by atoms with Gasteiger partial charge in [0.05, 0.1) is 11.4 Å². The average molecular weight is 295 g/mol. The first kappa shape index (κ1) is 14.1. The Morgan fingerprint density at radius 1 is 1.23 bits per heavy atom. The van der Waals surface area contributed by atoms with Crippen molar-refractivity contribution in [2.75, 3.05) is 5.32 Å². The van der Waals surface area contributed by atoms with Crippen LogP contribution in [0.1, 0.15) is 21.9 Å². The van der Waals surface area contributed by atoms with Crippen LogP contribution >= 0.6 is 0 Å². The van der Waals surface area contributed by atoms with E-state index < -0.39 is 0 Å². The second kappa shape index (κ2) is 5.48. The van der Waals surface area contributed by atoms with Crippen LogP contribution in [0.5, 0.6) is 0 Å². The molecule has 0 atom stereocenters. The first-order valence-corrected chi connectivity index (χ1v) is 6.98. The van der Waals surface area contributed by atoms with Crippen LogP contribution in [0.3, 0.4) is 0 Å². The molecule has 0 aliphatic carbocycles. The molecule has 2 aromatic heterocycles. The van der Waals surface area contributed by atoms with Crippen LogP contribution in [0, 0.1) is 13.8 Å². The summed E-state index contributed by atoms with van der Waals surface area (Å²) < 4.78 is 1.81. The number of aryl methyl sites for hydroxylation is 2. The molecule has 2 N–H and O–H groups in total. The maximum absolute atomic E-state index is 12.2. The van der Waals surface area contributed by atoms with E-state index in [4.69, 9.17) is 0 Å². The van der Waals surface area contributed by atoms with Crippen molar-refractivity contribution in [2.45, 2.75) is 13.8 Å². The van der Waals surface area contributed by atoms with Gasteiger partial charge in [0.25, 0.3) is 5.91 Å². The topological polar surface area (TPSA) is 75.6 Å². The number of amides is 1. The molecule has 22 heavy (non-hydrogen) atoms. The zero-order valence-electron chi connectivity index (χ0n) is 12.7. The summed E-state index contributed by atoms with van der Waals surface area (Å²) in [5.41, 5.74) is 4.75. The molecule has 2 heterocycles. The number of carbonyl (C=O) groups is 1. The SMILES string of the molecule is Cc1nn(C)c(C)c1-c1cc(C(=O)Nc2ccccc2)[nH]n1. The van der Waals surface area contributed by atoms with E-state index in [1.165, 1.54) is 0 Å². The van der Waals surface area contributed by atoms with Crippen LogP contribution in [-0.4, -0.2) is 25.9 Å². The third kappa shape index (κ3) is 2.50. The lowest BCUT2D eigenvalue weighted by Crippen LogP contribution is -2.12. The summed E-state index contributed by atoms with van der Waals surface area (Å²) in [5.74, 6) is -0.218. The zero-order valence-corrected chi connectivity index (χ0v) is 12.7. The molecule has 0 saturated heterocycles. The maximum Gasteiger partial charge on any atom is 0.273 e. The number of H-pyrrole nitrogens is 1. The Morgan fingerprint density at radius 3 is 2.59 bits per heavy atom. The second-order valence-corrected chi connectivity index (χ2v) is 5.16. The smallest absolute Gasteiger partial charge is 0.273 e. The molecule has 3 aromatic rings. The van der Waals surface area contributed by atoms with E-state index in [1.54, 1.807) is 6.07 Å². The molecule has 0 radical (unpaired) electrons. The summed E-state index contributed by atoms with van der Waals surface area (Å²) in [7, 11) is 1.89. The van der Waals surface area contributed by atoms with E-state index in [-0.39, 0.29) is 5.91 Å². The van der Waals surface area contributed by atoms with Gasteiger partial charge in [-0.05, 0) is 32.0 Å². The quantitative estimate of drug-likeness (QED) is 0.780. The van der Waals surface area contributed by atoms with Gasteiger partial charge in [0.1, 0.15) is 5.69 Å².